The summed E-state index contributed by atoms with van der Waals surface area (Å²) in [5, 5.41) is 7.97. The van der Waals surface area contributed by atoms with Gasteiger partial charge >= 0.3 is 12.1 Å². The van der Waals surface area contributed by atoms with Gasteiger partial charge in [0.1, 0.15) is 23.9 Å². The van der Waals surface area contributed by atoms with Crippen LogP contribution in [0.1, 0.15) is 65.4 Å². The molecule has 3 amide bonds. The van der Waals surface area contributed by atoms with E-state index in [2.05, 4.69) is 16.0 Å². The second-order valence-electron chi connectivity index (χ2n) is 10.1. The third kappa shape index (κ3) is 10.8. The van der Waals surface area contributed by atoms with Gasteiger partial charge in [-0.1, -0.05) is 12.5 Å². The summed E-state index contributed by atoms with van der Waals surface area (Å²) in [5.41, 5.74) is 0.896. The lowest BCUT2D eigenvalue weighted by molar-refractivity contribution is -0.140. The van der Waals surface area contributed by atoms with Gasteiger partial charge in [0.2, 0.25) is 11.8 Å². The van der Waals surface area contributed by atoms with E-state index < -0.39 is 29.6 Å². The zero-order valence-corrected chi connectivity index (χ0v) is 25.3. The predicted molar refractivity (Wildman–Crippen MR) is 155 cm³/mol. The average Bonchev–Trinajstić information content (AvgIpc) is 2.89. The summed E-state index contributed by atoms with van der Waals surface area (Å²) in [6.07, 6.45) is 3.11. The Labute approximate surface area is 239 Å². The molecule has 1 heterocycles. The van der Waals surface area contributed by atoms with E-state index in [0.29, 0.717) is 24.3 Å². The van der Waals surface area contributed by atoms with Gasteiger partial charge in [0, 0.05) is 23.7 Å². The molecule has 10 nitrogen and oxygen atoms in total. The molecule has 0 bridgehead atoms. The number of unbranched alkanes of at least 4 members (excludes halogenated alkanes) is 1. The second-order valence-corrected chi connectivity index (χ2v) is 13.2. The third-order valence-corrected chi connectivity index (χ3v) is 9.25. The Balaban J connectivity index is 2.12. The summed E-state index contributed by atoms with van der Waals surface area (Å²) in [7, 11) is 2.96. The van der Waals surface area contributed by atoms with Crippen LogP contribution >= 0.6 is 23.5 Å². The van der Waals surface area contributed by atoms with Crippen molar-refractivity contribution in [2.24, 2.45) is 0 Å². The van der Waals surface area contributed by atoms with Gasteiger partial charge in [-0.15, -0.1) is 23.5 Å². The Morgan fingerprint density at radius 1 is 1.08 bits per heavy atom. The molecular formula is C27H41N3O7S2. The van der Waals surface area contributed by atoms with Crippen molar-refractivity contribution in [3.8, 4) is 5.75 Å². The molecule has 218 valence electrons. The summed E-state index contributed by atoms with van der Waals surface area (Å²) in [6.45, 7) is 6.43. The zero-order valence-electron chi connectivity index (χ0n) is 23.6. The number of hydrogen-bond donors (Lipinski definition) is 3. The molecular weight excluding hydrogens is 542 g/mol. The number of carbonyl (C=O) groups excluding carboxylic acids is 4. The second kappa shape index (κ2) is 15.3. The average molecular weight is 584 g/mol. The number of amides is 3. The fraction of sp³-hybridized carbons (Fsp3) is 0.630. The van der Waals surface area contributed by atoms with E-state index in [9.17, 15) is 19.2 Å². The van der Waals surface area contributed by atoms with Crippen molar-refractivity contribution in [1.82, 2.24) is 10.6 Å². The standard InChI is InChI=1S/C27H41N3O7S2/c1-18(29-22(31)17-28-25(34)37-26(2,3)4)24(33)30-21-16-19(35-5)11-12-20(21)27(38-14-9-15-39-27)13-8-7-10-23(32)36-6/h11-12,16,18H,7-10,13-15,17H2,1-6H3,(H,28,34)(H,29,31)(H,30,33). The molecule has 1 unspecified atom stereocenters. The maximum atomic E-state index is 13.1. The first-order valence-corrected chi connectivity index (χ1v) is 15.0. The monoisotopic (exact) mass is 583 g/mol. The van der Waals surface area contributed by atoms with E-state index in [4.69, 9.17) is 14.2 Å². The van der Waals surface area contributed by atoms with Crippen molar-refractivity contribution in [1.29, 1.82) is 0 Å². The summed E-state index contributed by atoms with van der Waals surface area (Å²) in [4.78, 5) is 48.9. The van der Waals surface area contributed by atoms with E-state index in [-0.39, 0.29) is 16.6 Å². The molecule has 1 fully saturated rings. The van der Waals surface area contributed by atoms with Crippen molar-refractivity contribution in [3.63, 3.8) is 0 Å². The summed E-state index contributed by atoms with van der Waals surface area (Å²) in [5.74, 6) is 1.43. The molecule has 3 N–H and O–H groups in total. The fourth-order valence-electron chi connectivity index (χ4n) is 3.89. The number of ether oxygens (including phenoxy) is 3. The maximum absolute atomic E-state index is 13.1. The lowest BCUT2D eigenvalue weighted by Crippen LogP contribution is -2.46. The Morgan fingerprint density at radius 2 is 1.77 bits per heavy atom. The van der Waals surface area contributed by atoms with Gasteiger partial charge in [0.15, 0.2) is 0 Å². The van der Waals surface area contributed by atoms with Crippen molar-refractivity contribution < 1.29 is 33.4 Å². The van der Waals surface area contributed by atoms with Crippen LogP contribution < -0.4 is 20.7 Å². The van der Waals surface area contributed by atoms with Crippen molar-refractivity contribution in [2.75, 3.05) is 37.6 Å². The van der Waals surface area contributed by atoms with Crippen LogP contribution in [-0.2, 0) is 27.9 Å². The number of nitrogens with one attached hydrogen (secondary N) is 3. The minimum Gasteiger partial charge on any atom is -0.497 e. The quantitative estimate of drug-likeness (QED) is 0.242. The van der Waals surface area contributed by atoms with Crippen molar-refractivity contribution >= 4 is 53.1 Å². The van der Waals surface area contributed by atoms with Crippen molar-refractivity contribution in [3.05, 3.63) is 23.8 Å². The molecule has 39 heavy (non-hydrogen) atoms. The highest BCUT2D eigenvalue weighted by Crippen LogP contribution is 2.55. The van der Waals surface area contributed by atoms with Crippen LogP contribution in [0.3, 0.4) is 0 Å². The fourth-order valence-corrected chi connectivity index (χ4v) is 7.39. The predicted octanol–water partition coefficient (Wildman–Crippen LogP) is 4.42. The van der Waals surface area contributed by atoms with Crippen LogP contribution in [0.25, 0.3) is 0 Å². The van der Waals surface area contributed by atoms with Crippen LogP contribution in [0.5, 0.6) is 5.75 Å². The van der Waals surface area contributed by atoms with E-state index in [1.165, 1.54) is 7.11 Å². The highest BCUT2D eigenvalue weighted by molar-refractivity contribution is 8.18. The van der Waals surface area contributed by atoms with Crippen LogP contribution in [0, 0.1) is 0 Å². The number of anilines is 1. The van der Waals surface area contributed by atoms with Crippen LogP contribution in [0.4, 0.5) is 10.5 Å². The summed E-state index contributed by atoms with van der Waals surface area (Å²) >= 11 is 3.70. The first kappa shape index (κ1) is 32.6. The van der Waals surface area contributed by atoms with E-state index in [1.54, 1.807) is 40.9 Å². The molecule has 1 atom stereocenters. The molecule has 0 spiro atoms. The molecule has 1 aliphatic rings. The number of benzene rings is 1. The lowest BCUT2D eigenvalue weighted by atomic mass is 10.0. The number of hydrogen-bond acceptors (Lipinski definition) is 9. The molecule has 1 aromatic carbocycles. The largest absolute Gasteiger partial charge is 0.497 e. The number of methoxy groups -OCH3 is 2. The number of carbonyl (C=O) groups is 4. The van der Waals surface area contributed by atoms with Gasteiger partial charge < -0.3 is 30.2 Å². The summed E-state index contributed by atoms with van der Waals surface area (Å²) < 4.78 is 15.0. The molecule has 2 rings (SSSR count). The van der Waals surface area contributed by atoms with Crippen LogP contribution in [0.2, 0.25) is 0 Å². The Kier molecular flexibility index (Phi) is 12.8. The van der Waals surface area contributed by atoms with Gasteiger partial charge in [-0.25, -0.2) is 4.79 Å². The number of esters is 1. The van der Waals surface area contributed by atoms with E-state index >= 15 is 0 Å². The molecule has 0 radical (unpaired) electrons. The number of thioether (sulfide) groups is 2. The first-order chi connectivity index (χ1) is 18.4. The molecule has 0 saturated carbocycles. The van der Waals surface area contributed by atoms with Gasteiger partial charge in [-0.3, -0.25) is 14.4 Å². The zero-order chi connectivity index (χ0) is 29.1. The normalized spacial score (nSPS) is 15.4. The molecule has 0 aromatic heterocycles. The Bertz CT molecular complexity index is 1010. The SMILES string of the molecule is COC(=O)CCCCC1(c2ccc(OC)cc2NC(=O)C(C)NC(=O)CNC(=O)OC(C)(C)C)SCCCS1. The highest BCUT2D eigenvalue weighted by atomic mass is 32.2. The maximum Gasteiger partial charge on any atom is 0.408 e. The Morgan fingerprint density at radius 3 is 2.38 bits per heavy atom. The molecule has 1 saturated heterocycles. The van der Waals surface area contributed by atoms with E-state index in [0.717, 1.165) is 36.3 Å². The van der Waals surface area contributed by atoms with Gasteiger partial charge in [-0.2, -0.15) is 0 Å². The number of rotatable bonds is 12. The summed E-state index contributed by atoms with van der Waals surface area (Å²) in [6, 6.07) is 4.79. The third-order valence-electron chi connectivity index (χ3n) is 5.78. The molecule has 1 aliphatic heterocycles. The van der Waals surface area contributed by atoms with Crippen LogP contribution in [-0.4, -0.2) is 67.8 Å². The van der Waals surface area contributed by atoms with Gasteiger partial charge in [0.25, 0.3) is 0 Å². The minimum atomic E-state index is -0.861. The smallest absolute Gasteiger partial charge is 0.408 e. The van der Waals surface area contributed by atoms with Gasteiger partial charge in [-0.05, 0) is 64.5 Å². The molecule has 12 heteroatoms. The van der Waals surface area contributed by atoms with Crippen molar-refractivity contribution in [2.45, 2.75) is 75.5 Å². The minimum absolute atomic E-state index is 0.220. The van der Waals surface area contributed by atoms with Gasteiger partial charge in [0.05, 0.1) is 18.3 Å². The highest BCUT2D eigenvalue weighted by Gasteiger charge is 2.37. The van der Waals surface area contributed by atoms with Crippen LogP contribution in [0.15, 0.2) is 18.2 Å². The van der Waals surface area contributed by atoms with E-state index in [1.807, 2.05) is 35.7 Å². The molecule has 0 aliphatic carbocycles. The lowest BCUT2D eigenvalue weighted by Gasteiger charge is -2.38. The first-order valence-electron chi connectivity index (χ1n) is 13.0. The topological polar surface area (TPSA) is 132 Å². The Hall–Kier alpha value is -2.60. The molecule has 1 aromatic rings. The number of alkyl carbamates (subject to hydrolysis) is 1.